The summed E-state index contributed by atoms with van der Waals surface area (Å²) < 4.78 is 10.7. The lowest BCUT2D eigenvalue weighted by Crippen LogP contribution is -2.48. The Morgan fingerprint density at radius 1 is 1.17 bits per heavy atom. The van der Waals surface area contributed by atoms with Crippen LogP contribution in [0.15, 0.2) is 53.3 Å². The fraction of sp³-hybridized carbons (Fsp3) is 0.200. The van der Waals surface area contributed by atoms with E-state index in [0.29, 0.717) is 47.8 Å². The van der Waals surface area contributed by atoms with E-state index in [9.17, 15) is 4.79 Å². The van der Waals surface area contributed by atoms with E-state index in [-0.39, 0.29) is 11.8 Å². The first-order valence-electron chi connectivity index (χ1n) is 9.32. The maximum atomic E-state index is 12.8. The first-order chi connectivity index (χ1) is 14.7. The highest BCUT2D eigenvalue weighted by molar-refractivity contribution is 5.94. The number of hydrogen-bond acceptors (Lipinski definition) is 8. The van der Waals surface area contributed by atoms with Gasteiger partial charge in [0.25, 0.3) is 5.91 Å². The Hall–Kier alpha value is -4.08. The number of likely N-dealkylation sites (tertiary alicyclic amines) is 1. The lowest BCUT2D eigenvalue weighted by atomic mass is 9.99. The lowest BCUT2D eigenvalue weighted by molar-refractivity contribution is 0.0563. The molecule has 10 heteroatoms. The molecule has 4 heterocycles. The van der Waals surface area contributed by atoms with Gasteiger partial charge in [0.05, 0.1) is 18.7 Å². The summed E-state index contributed by atoms with van der Waals surface area (Å²) in [5.41, 5.74) is 1.88. The van der Waals surface area contributed by atoms with Gasteiger partial charge in [0.1, 0.15) is 11.4 Å². The summed E-state index contributed by atoms with van der Waals surface area (Å²) in [6.45, 7) is 0.970. The Bertz CT molecular complexity index is 1180. The van der Waals surface area contributed by atoms with Crippen LogP contribution in [-0.2, 0) is 0 Å². The van der Waals surface area contributed by atoms with Gasteiger partial charge in [0, 0.05) is 31.0 Å². The van der Waals surface area contributed by atoms with E-state index in [4.69, 9.17) is 9.26 Å². The zero-order valence-corrected chi connectivity index (χ0v) is 16.0. The van der Waals surface area contributed by atoms with E-state index in [2.05, 4.69) is 30.3 Å². The number of para-hydroxylation sites is 1. The number of aromatic nitrogens is 6. The molecule has 3 aromatic heterocycles. The molecule has 1 saturated heterocycles. The van der Waals surface area contributed by atoms with Gasteiger partial charge in [-0.15, -0.1) is 0 Å². The van der Waals surface area contributed by atoms with Crippen molar-refractivity contribution in [3.8, 4) is 28.7 Å². The van der Waals surface area contributed by atoms with Gasteiger partial charge < -0.3 is 14.2 Å². The normalized spacial score (nSPS) is 13.8. The molecule has 150 valence electrons. The molecule has 0 saturated carbocycles. The van der Waals surface area contributed by atoms with Gasteiger partial charge in [-0.2, -0.15) is 10.1 Å². The Labute approximate surface area is 170 Å². The third kappa shape index (κ3) is 3.17. The number of hydrogen-bond donors (Lipinski definition) is 1. The number of carbonyl (C=O) groups is 1. The minimum Gasteiger partial charge on any atom is -0.496 e. The van der Waals surface area contributed by atoms with Crippen LogP contribution in [0.3, 0.4) is 0 Å². The van der Waals surface area contributed by atoms with Gasteiger partial charge in [0.15, 0.2) is 0 Å². The van der Waals surface area contributed by atoms with Gasteiger partial charge in [-0.05, 0) is 24.3 Å². The molecule has 0 spiro atoms. The number of methoxy groups -OCH3 is 1. The number of amides is 1. The molecule has 5 rings (SSSR count). The van der Waals surface area contributed by atoms with Gasteiger partial charge in [-0.25, -0.2) is 9.97 Å². The SMILES string of the molecule is COc1ccccc1-c1cc(C(=O)N2CC(c3nc(-c4ncccn4)no3)C2)[nH]n1. The summed E-state index contributed by atoms with van der Waals surface area (Å²) in [7, 11) is 1.60. The zero-order chi connectivity index (χ0) is 20.5. The molecule has 0 atom stereocenters. The topological polar surface area (TPSA) is 123 Å². The average Bonchev–Trinajstić information content (AvgIpc) is 3.43. The molecule has 0 bridgehead atoms. The van der Waals surface area contributed by atoms with Crippen molar-refractivity contribution in [2.24, 2.45) is 0 Å². The fourth-order valence-electron chi connectivity index (χ4n) is 3.30. The summed E-state index contributed by atoms with van der Waals surface area (Å²) in [6, 6.07) is 11.0. The standard InChI is InChI=1S/C20H17N7O3/c1-29-16-6-3-2-5-13(16)14-9-15(25-24-14)20(28)27-10-12(11-27)19-23-18(26-30-19)17-21-7-4-8-22-17/h2-9,12H,10-11H2,1H3,(H,24,25). The second-order valence-electron chi connectivity index (χ2n) is 6.80. The van der Waals surface area contributed by atoms with Crippen LogP contribution in [0, 0.1) is 0 Å². The van der Waals surface area contributed by atoms with Crippen molar-refractivity contribution in [2.45, 2.75) is 5.92 Å². The maximum absolute atomic E-state index is 12.8. The molecule has 4 aromatic rings. The van der Waals surface area contributed by atoms with Crippen molar-refractivity contribution in [1.82, 2.24) is 35.2 Å². The molecule has 0 unspecified atom stereocenters. The molecular formula is C20H17N7O3. The Morgan fingerprint density at radius 3 is 2.77 bits per heavy atom. The zero-order valence-electron chi connectivity index (χ0n) is 16.0. The summed E-state index contributed by atoms with van der Waals surface area (Å²) in [5, 5.41) is 11.0. The highest BCUT2D eigenvalue weighted by Gasteiger charge is 2.37. The predicted molar refractivity (Wildman–Crippen MR) is 105 cm³/mol. The highest BCUT2D eigenvalue weighted by Crippen LogP contribution is 2.31. The molecule has 1 amide bonds. The number of aromatic amines is 1. The molecule has 1 aliphatic heterocycles. The molecule has 1 fully saturated rings. The average molecular weight is 403 g/mol. The van der Waals surface area contributed by atoms with Crippen LogP contribution >= 0.6 is 0 Å². The molecule has 1 N–H and O–H groups in total. The Morgan fingerprint density at radius 2 is 1.97 bits per heavy atom. The van der Waals surface area contributed by atoms with Crippen LogP contribution in [0.4, 0.5) is 0 Å². The number of nitrogens with zero attached hydrogens (tertiary/aromatic N) is 6. The first-order valence-corrected chi connectivity index (χ1v) is 9.32. The van der Waals surface area contributed by atoms with E-state index in [1.807, 2.05) is 24.3 Å². The number of ether oxygens (including phenoxy) is 1. The molecule has 10 nitrogen and oxygen atoms in total. The van der Waals surface area contributed by atoms with Crippen LogP contribution in [0.1, 0.15) is 22.3 Å². The quantitative estimate of drug-likeness (QED) is 0.538. The van der Waals surface area contributed by atoms with Gasteiger partial charge in [0.2, 0.25) is 17.5 Å². The monoisotopic (exact) mass is 403 g/mol. The maximum Gasteiger partial charge on any atom is 0.271 e. The van der Waals surface area contributed by atoms with Crippen LogP contribution in [0.5, 0.6) is 5.75 Å². The van der Waals surface area contributed by atoms with Gasteiger partial charge >= 0.3 is 0 Å². The van der Waals surface area contributed by atoms with Crippen molar-refractivity contribution in [3.63, 3.8) is 0 Å². The summed E-state index contributed by atoms with van der Waals surface area (Å²) in [6.07, 6.45) is 3.23. The third-order valence-electron chi connectivity index (χ3n) is 4.92. The molecule has 1 aromatic carbocycles. The summed E-state index contributed by atoms with van der Waals surface area (Å²) in [4.78, 5) is 27.0. The largest absolute Gasteiger partial charge is 0.496 e. The van der Waals surface area contributed by atoms with Crippen molar-refractivity contribution in [3.05, 3.63) is 60.4 Å². The van der Waals surface area contributed by atoms with E-state index in [0.717, 1.165) is 5.56 Å². The van der Waals surface area contributed by atoms with Crippen molar-refractivity contribution in [2.75, 3.05) is 20.2 Å². The van der Waals surface area contributed by atoms with E-state index >= 15 is 0 Å². The van der Waals surface area contributed by atoms with E-state index in [1.54, 1.807) is 36.5 Å². The van der Waals surface area contributed by atoms with Gasteiger partial charge in [-0.1, -0.05) is 17.3 Å². The molecule has 0 aliphatic carbocycles. The minimum atomic E-state index is -0.133. The van der Waals surface area contributed by atoms with Crippen LogP contribution in [-0.4, -0.2) is 61.3 Å². The van der Waals surface area contributed by atoms with Crippen LogP contribution < -0.4 is 4.74 Å². The second-order valence-corrected chi connectivity index (χ2v) is 6.80. The summed E-state index contributed by atoms with van der Waals surface area (Å²) in [5.74, 6) is 1.76. The predicted octanol–water partition coefficient (Wildman–Crippen LogP) is 2.16. The van der Waals surface area contributed by atoms with E-state index < -0.39 is 0 Å². The summed E-state index contributed by atoms with van der Waals surface area (Å²) >= 11 is 0. The van der Waals surface area contributed by atoms with E-state index in [1.165, 1.54) is 0 Å². The second kappa shape index (κ2) is 7.39. The fourth-order valence-corrected chi connectivity index (χ4v) is 3.30. The molecule has 0 radical (unpaired) electrons. The number of rotatable bonds is 5. The smallest absolute Gasteiger partial charge is 0.271 e. The van der Waals surface area contributed by atoms with Crippen molar-refractivity contribution < 1.29 is 14.1 Å². The molecular weight excluding hydrogens is 386 g/mol. The Balaban J connectivity index is 1.26. The molecule has 30 heavy (non-hydrogen) atoms. The Kier molecular flexibility index (Phi) is 4.43. The lowest BCUT2D eigenvalue weighted by Gasteiger charge is -2.36. The third-order valence-corrected chi connectivity index (χ3v) is 4.92. The first kappa shape index (κ1) is 18.0. The number of nitrogens with one attached hydrogen (secondary N) is 1. The van der Waals surface area contributed by atoms with Crippen molar-refractivity contribution >= 4 is 5.91 Å². The minimum absolute atomic E-state index is 0.0180. The number of H-pyrrole nitrogens is 1. The number of benzene rings is 1. The van der Waals surface area contributed by atoms with Crippen LogP contribution in [0.2, 0.25) is 0 Å². The van der Waals surface area contributed by atoms with Crippen LogP contribution in [0.25, 0.3) is 22.9 Å². The molecule has 1 aliphatic rings. The number of carbonyl (C=O) groups excluding carboxylic acids is 1. The van der Waals surface area contributed by atoms with Gasteiger partial charge in [-0.3, -0.25) is 9.89 Å². The highest BCUT2D eigenvalue weighted by atomic mass is 16.5. The van der Waals surface area contributed by atoms with Crippen molar-refractivity contribution in [1.29, 1.82) is 0 Å².